The molecule has 0 bridgehead atoms. The Hall–Kier alpha value is -1.32. The summed E-state index contributed by atoms with van der Waals surface area (Å²) < 4.78 is 0. The summed E-state index contributed by atoms with van der Waals surface area (Å²) in [7, 11) is 0. The van der Waals surface area contributed by atoms with Crippen molar-refractivity contribution in [2.24, 2.45) is 11.3 Å². The van der Waals surface area contributed by atoms with Gasteiger partial charge in [0.25, 0.3) is 0 Å². The summed E-state index contributed by atoms with van der Waals surface area (Å²) in [5, 5.41) is 17.3. The first kappa shape index (κ1) is 10.8. The maximum atomic E-state index is 10.9. The van der Waals surface area contributed by atoms with Crippen LogP contribution in [-0.2, 0) is 0 Å². The molecule has 1 amide bonds. The van der Waals surface area contributed by atoms with Crippen molar-refractivity contribution in [2.75, 3.05) is 13.1 Å². The highest BCUT2D eigenvalue weighted by Crippen LogP contribution is 2.49. The van der Waals surface area contributed by atoms with Crippen molar-refractivity contribution in [3.05, 3.63) is 11.6 Å². The molecule has 2 aliphatic carbocycles. The van der Waals surface area contributed by atoms with Gasteiger partial charge in [0, 0.05) is 24.2 Å². The van der Waals surface area contributed by atoms with Crippen LogP contribution in [0.5, 0.6) is 0 Å². The average molecular weight is 234 g/mol. The first-order chi connectivity index (χ1) is 8.12. The molecule has 2 N–H and O–H groups in total. The predicted octanol–water partition coefficient (Wildman–Crippen LogP) is 2.51. The van der Waals surface area contributed by atoms with Gasteiger partial charge in [0.05, 0.1) is 0 Å². The molecule has 1 heterocycles. The molecule has 0 aromatic rings. The third kappa shape index (κ3) is 1.66. The van der Waals surface area contributed by atoms with E-state index < -0.39 is 6.09 Å². The van der Waals surface area contributed by atoms with Crippen molar-refractivity contribution in [1.29, 1.82) is 5.41 Å². The molecule has 17 heavy (non-hydrogen) atoms. The summed E-state index contributed by atoms with van der Waals surface area (Å²) in [5.74, 6) is 0.652. The van der Waals surface area contributed by atoms with Crippen molar-refractivity contribution in [2.45, 2.75) is 32.1 Å². The molecule has 0 unspecified atom stereocenters. The molecule has 1 saturated carbocycles. The molecule has 1 spiro atoms. The quantitative estimate of drug-likeness (QED) is 0.732. The Morgan fingerprint density at radius 1 is 1.41 bits per heavy atom. The Bertz CT molecular complexity index is 402. The first-order valence-electron chi connectivity index (χ1n) is 6.40. The number of allylic oxidation sites excluding steroid dienone is 2. The Kier molecular flexibility index (Phi) is 2.28. The third-order valence-electron chi connectivity index (χ3n) is 4.54. The Labute approximate surface area is 101 Å². The number of likely N-dealkylation sites (tertiary alicyclic amines) is 1. The molecular formula is C13H18N2O2. The van der Waals surface area contributed by atoms with Gasteiger partial charge in [-0.2, -0.15) is 0 Å². The lowest BCUT2D eigenvalue weighted by Gasteiger charge is -2.38. The zero-order valence-corrected chi connectivity index (χ0v) is 9.91. The van der Waals surface area contributed by atoms with Crippen LogP contribution in [0.15, 0.2) is 11.6 Å². The van der Waals surface area contributed by atoms with E-state index in [0.717, 1.165) is 25.0 Å². The van der Waals surface area contributed by atoms with Gasteiger partial charge in [0.15, 0.2) is 0 Å². The fraction of sp³-hybridized carbons (Fsp3) is 0.692. The first-order valence-corrected chi connectivity index (χ1v) is 6.40. The van der Waals surface area contributed by atoms with Crippen molar-refractivity contribution in [1.82, 2.24) is 4.90 Å². The summed E-state index contributed by atoms with van der Waals surface area (Å²) in [4.78, 5) is 12.4. The van der Waals surface area contributed by atoms with E-state index in [9.17, 15) is 4.79 Å². The van der Waals surface area contributed by atoms with Crippen LogP contribution < -0.4 is 0 Å². The van der Waals surface area contributed by atoms with Gasteiger partial charge in [-0.25, -0.2) is 4.79 Å². The van der Waals surface area contributed by atoms with Crippen molar-refractivity contribution in [3.63, 3.8) is 0 Å². The number of piperidine rings is 1. The molecule has 4 heteroatoms. The number of carbonyl (C=O) groups is 1. The minimum atomic E-state index is -0.820. The highest BCUT2D eigenvalue weighted by molar-refractivity contribution is 6.05. The fourth-order valence-electron chi connectivity index (χ4n) is 3.16. The number of hydrogen-bond acceptors (Lipinski definition) is 2. The maximum absolute atomic E-state index is 10.9. The SMILES string of the molecule is N=C1C(C2CC2)=CCC12CCN(C(=O)O)CC2. The van der Waals surface area contributed by atoms with Crippen LogP contribution in [0.25, 0.3) is 0 Å². The lowest BCUT2D eigenvalue weighted by molar-refractivity contribution is 0.115. The lowest BCUT2D eigenvalue weighted by atomic mass is 9.74. The van der Waals surface area contributed by atoms with E-state index in [0.29, 0.717) is 19.0 Å². The molecule has 92 valence electrons. The number of rotatable bonds is 1. The Morgan fingerprint density at radius 2 is 2.06 bits per heavy atom. The van der Waals surface area contributed by atoms with E-state index >= 15 is 0 Å². The van der Waals surface area contributed by atoms with Gasteiger partial charge in [-0.3, -0.25) is 0 Å². The van der Waals surface area contributed by atoms with Gasteiger partial charge in [0.1, 0.15) is 0 Å². The minimum Gasteiger partial charge on any atom is -0.465 e. The monoisotopic (exact) mass is 234 g/mol. The van der Waals surface area contributed by atoms with Gasteiger partial charge in [-0.05, 0) is 43.6 Å². The van der Waals surface area contributed by atoms with Gasteiger partial charge in [-0.15, -0.1) is 0 Å². The van der Waals surface area contributed by atoms with Crippen LogP contribution in [0.4, 0.5) is 4.79 Å². The normalized spacial score (nSPS) is 27.4. The molecule has 0 radical (unpaired) electrons. The average Bonchev–Trinajstić information content (AvgIpc) is 3.10. The molecule has 4 nitrogen and oxygen atoms in total. The molecule has 3 aliphatic rings. The summed E-state index contributed by atoms with van der Waals surface area (Å²) in [6.07, 6.45) is 6.52. The van der Waals surface area contributed by atoms with Gasteiger partial charge < -0.3 is 15.4 Å². The Balaban J connectivity index is 1.70. The summed E-state index contributed by atoms with van der Waals surface area (Å²) >= 11 is 0. The lowest BCUT2D eigenvalue weighted by Crippen LogP contribution is -2.44. The molecule has 0 atom stereocenters. The number of carboxylic acid groups (broad SMARTS) is 1. The Morgan fingerprint density at radius 3 is 2.59 bits per heavy atom. The van der Waals surface area contributed by atoms with Crippen LogP contribution in [-0.4, -0.2) is 34.9 Å². The second-order valence-electron chi connectivity index (χ2n) is 5.56. The predicted molar refractivity (Wildman–Crippen MR) is 64.4 cm³/mol. The van der Waals surface area contributed by atoms with Crippen molar-refractivity contribution < 1.29 is 9.90 Å². The molecule has 0 aromatic heterocycles. The van der Waals surface area contributed by atoms with Gasteiger partial charge in [0.2, 0.25) is 0 Å². The fourth-order valence-corrected chi connectivity index (χ4v) is 3.16. The van der Waals surface area contributed by atoms with E-state index in [-0.39, 0.29) is 5.41 Å². The van der Waals surface area contributed by atoms with E-state index in [1.807, 2.05) is 0 Å². The van der Waals surface area contributed by atoms with Crippen molar-refractivity contribution in [3.8, 4) is 0 Å². The molecule has 1 aliphatic heterocycles. The van der Waals surface area contributed by atoms with Crippen LogP contribution in [0.2, 0.25) is 0 Å². The molecule has 3 rings (SSSR count). The molecule has 1 saturated heterocycles. The topological polar surface area (TPSA) is 64.4 Å². The molecule has 2 fully saturated rings. The highest BCUT2D eigenvalue weighted by Gasteiger charge is 2.46. The van der Waals surface area contributed by atoms with Gasteiger partial charge >= 0.3 is 6.09 Å². The zero-order chi connectivity index (χ0) is 12.0. The second-order valence-corrected chi connectivity index (χ2v) is 5.56. The third-order valence-corrected chi connectivity index (χ3v) is 4.54. The van der Waals surface area contributed by atoms with Crippen molar-refractivity contribution >= 4 is 11.8 Å². The minimum absolute atomic E-state index is 0.0239. The van der Waals surface area contributed by atoms with Crippen LogP contribution in [0.1, 0.15) is 32.1 Å². The highest BCUT2D eigenvalue weighted by atomic mass is 16.4. The largest absolute Gasteiger partial charge is 0.465 e. The maximum Gasteiger partial charge on any atom is 0.407 e. The molecule has 0 aromatic carbocycles. The smallest absolute Gasteiger partial charge is 0.407 e. The zero-order valence-electron chi connectivity index (χ0n) is 9.91. The van der Waals surface area contributed by atoms with Crippen LogP contribution >= 0.6 is 0 Å². The summed E-state index contributed by atoms with van der Waals surface area (Å²) in [6, 6.07) is 0. The van der Waals surface area contributed by atoms with E-state index in [2.05, 4.69) is 6.08 Å². The molecular weight excluding hydrogens is 216 g/mol. The van der Waals surface area contributed by atoms with E-state index in [4.69, 9.17) is 10.5 Å². The standard InChI is InChI=1S/C13H18N2O2/c14-11-10(9-1-2-9)3-4-13(11)5-7-15(8-6-13)12(16)17/h3,9,14H,1-2,4-8H2,(H,16,17). The second kappa shape index (κ2) is 3.59. The number of nitrogens with zero attached hydrogens (tertiary/aromatic N) is 1. The van der Waals surface area contributed by atoms with Gasteiger partial charge in [-0.1, -0.05) is 6.08 Å². The van der Waals surface area contributed by atoms with E-state index in [1.165, 1.54) is 23.3 Å². The number of nitrogens with one attached hydrogen (secondary N) is 1. The summed E-state index contributed by atoms with van der Waals surface area (Å²) in [5.41, 5.74) is 2.07. The number of amides is 1. The number of hydrogen-bond donors (Lipinski definition) is 2. The summed E-state index contributed by atoms with van der Waals surface area (Å²) in [6.45, 7) is 1.17. The van der Waals surface area contributed by atoms with Crippen LogP contribution in [0, 0.1) is 16.7 Å². The van der Waals surface area contributed by atoms with E-state index in [1.54, 1.807) is 0 Å². The van der Waals surface area contributed by atoms with Crippen LogP contribution in [0.3, 0.4) is 0 Å².